The summed E-state index contributed by atoms with van der Waals surface area (Å²) in [6.07, 6.45) is 17.2. The lowest BCUT2D eigenvalue weighted by atomic mass is 9.77. The molecule has 174 valence electrons. The van der Waals surface area contributed by atoms with Gasteiger partial charge >= 0.3 is 0 Å². The molecule has 0 radical (unpaired) electrons. The number of hydrogen-bond acceptors (Lipinski definition) is 7. The molecule has 5 heterocycles. The molecular weight excluding hydrogens is 412 g/mol. The van der Waals surface area contributed by atoms with Crippen LogP contribution >= 0.6 is 0 Å². The van der Waals surface area contributed by atoms with Gasteiger partial charge in [-0.1, -0.05) is 6.08 Å². The zero-order valence-electron chi connectivity index (χ0n) is 19.5. The number of piperidine rings is 1. The Hall–Kier alpha value is -2.38. The first kappa shape index (κ1) is 21.2. The molecule has 1 aliphatic carbocycles. The first-order chi connectivity index (χ1) is 16.1. The average molecular weight is 447 g/mol. The Morgan fingerprint density at radius 2 is 1.94 bits per heavy atom. The highest BCUT2D eigenvalue weighted by Crippen LogP contribution is 2.44. The third-order valence-corrected chi connectivity index (χ3v) is 8.64. The van der Waals surface area contributed by atoms with Crippen molar-refractivity contribution in [3.63, 3.8) is 0 Å². The van der Waals surface area contributed by atoms with Crippen LogP contribution in [0.2, 0.25) is 0 Å². The van der Waals surface area contributed by atoms with Gasteiger partial charge in [-0.2, -0.15) is 0 Å². The Balaban J connectivity index is 1.24. The zero-order valence-corrected chi connectivity index (χ0v) is 19.5. The molecule has 1 saturated carbocycles. The fourth-order valence-corrected chi connectivity index (χ4v) is 6.41. The van der Waals surface area contributed by atoms with E-state index in [0.717, 1.165) is 68.0 Å². The molecule has 2 aromatic heterocycles. The predicted octanol–water partition coefficient (Wildman–Crippen LogP) is 3.48. The molecule has 1 N–H and O–H groups in total. The highest BCUT2D eigenvalue weighted by Gasteiger charge is 2.44. The van der Waals surface area contributed by atoms with Crippen LogP contribution in [-0.4, -0.2) is 69.5 Å². The molecular formula is C26H34N6O. The summed E-state index contributed by atoms with van der Waals surface area (Å²) in [5, 5.41) is 11.5. The number of aromatic nitrogens is 3. The number of aliphatic hydroxyl groups excluding tert-OH is 1. The maximum Gasteiger partial charge on any atom is 0.141 e. The second-order valence-electron chi connectivity index (χ2n) is 10.8. The van der Waals surface area contributed by atoms with E-state index in [1.807, 2.05) is 24.8 Å². The van der Waals surface area contributed by atoms with Crippen LogP contribution in [0, 0.1) is 5.41 Å². The number of aliphatic hydroxyl groups is 1. The fourth-order valence-electron chi connectivity index (χ4n) is 6.41. The highest BCUT2D eigenvalue weighted by atomic mass is 16.3. The van der Waals surface area contributed by atoms with Gasteiger partial charge in [0.25, 0.3) is 0 Å². The van der Waals surface area contributed by atoms with E-state index in [-0.39, 0.29) is 11.5 Å². The minimum atomic E-state index is -0.244. The van der Waals surface area contributed by atoms with Crippen molar-refractivity contribution >= 4 is 22.9 Å². The molecule has 3 atom stereocenters. The maximum absolute atomic E-state index is 10.4. The number of allylic oxidation sites excluding steroid dienone is 1. The number of rotatable bonds is 3. The first-order valence-electron chi connectivity index (χ1n) is 12.5. The van der Waals surface area contributed by atoms with Gasteiger partial charge in [-0.3, -0.25) is 14.9 Å². The second-order valence-corrected chi connectivity index (χ2v) is 10.8. The van der Waals surface area contributed by atoms with Gasteiger partial charge in [0.1, 0.15) is 11.6 Å². The van der Waals surface area contributed by atoms with E-state index < -0.39 is 0 Å². The maximum atomic E-state index is 10.4. The third-order valence-electron chi connectivity index (χ3n) is 8.64. The van der Waals surface area contributed by atoms with Gasteiger partial charge in [-0.05, 0) is 69.9 Å². The number of hydrogen-bond donors (Lipinski definition) is 1. The zero-order chi connectivity index (χ0) is 22.5. The van der Waals surface area contributed by atoms with Crippen molar-refractivity contribution < 1.29 is 5.11 Å². The highest BCUT2D eigenvalue weighted by molar-refractivity contribution is 5.89. The van der Waals surface area contributed by atoms with Crippen molar-refractivity contribution in [3.05, 3.63) is 36.6 Å². The summed E-state index contributed by atoms with van der Waals surface area (Å²) in [7, 11) is 0. The van der Waals surface area contributed by atoms with Crippen molar-refractivity contribution in [2.75, 3.05) is 31.1 Å². The number of anilines is 1. The summed E-state index contributed by atoms with van der Waals surface area (Å²) in [6, 6.07) is 2.44. The van der Waals surface area contributed by atoms with E-state index in [9.17, 15) is 5.11 Å². The van der Waals surface area contributed by atoms with Gasteiger partial charge in [-0.15, -0.1) is 0 Å². The van der Waals surface area contributed by atoms with Gasteiger partial charge in [0.2, 0.25) is 0 Å². The minimum absolute atomic E-state index is 0.125. The van der Waals surface area contributed by atoms with E-state index in [1.54, 1.807) is 0 Å². The molecule has 0 aromatic carbocycles. The van der Waals surface area contributed by atoms with Gasteiger partial charge in [0, 0.05) is 49.7 Å². The van der Waals surface area contributed by atoms with Crippen molar-refractivity contribution in [1.29, 1.82) is 0 Å². The molecule has 2 saturated heterocycles. The van der Waals surface area contributed by atoms with Gasteiger partial charge in [-0.25, -0.2) is 9.97 Å². The van der Waals surface area contributed by atoms with Gasteiger partial charge < -0.3 is 10.0 Å². The van der Waals surface area contributed by atoms with E-state index >= 15 is 0 Å². The van der Waals surface area contributed by atoms with Gasteiger partial charge in [0.15, 0.2) is 0 Å². The standard InChI is InChI=1S/C26H34N6O/c1-25(6-12-27-13-7-25)24-29-20-17-28-11-5-19(20)23(30-24)31-14-8-26(9-15-31)10-16-32(18-26)21-3-2-4-22(21)33/h5-6,11-13,17,21-22,33H,2-4,7-10,14-16,18H2,1H3/t21-,22-,25?/m1/s1. The fraction of sp³-hybridized carbons (Fsp3) is 0.615. The Labute approximate surface area is 195 Å². The summed E-state index contributed by atoms with van der Waals surface area (Å²) in [5.74, 6) is 1.90. The summed E-state index contributed by atoms with van der Waals surface area (Å²) in [4.78, 5) is 23.7. The van der Waals surface area contributed by atoms with Crippen molar-refractivity contribution in [2.24, 2.45) is 10.4 Å². The van der Waals surface area contributed by atoms with Crippen LogP contribution in [0.3, 0.4) is 0 Å². The van der Waals surface area contributed by atoms with E-state index in [4.69, 9.17) is 9.97 Å². The van der Waals surface area contributed by atoms with Crippen LogP contribution in [0.15, 0.2) is 35.7 Å². The van der Waals surface area contributed by atoms with Crippen molar-refractivity contribution in [1.82, 2.24) is 19.9 Å². The van der Waals surface area contributed by atoms with Crippen LogP contribution in [0.1, 0.15) is 57.7 Å². The molecule has 7 heteroatoms. The molecule has 7 nitrogen and oxygen atoms in total. The Kier molecular flexibility index (Phi) is 5.22. The SMILES string of the molecule is CC1(c2nc(N3CCC4(CC3)CCN([C@@H]3CCC[C@H]3O)C4)c3ccncc3n2)C=CN=CC1. The molecule has 1 spiro atoms. The first-order valence-corrected chi connectivity index (χ1v) is 12.5. The summed E-state index contributed by atoms with van der Waals surface area (Å²) < 4.78 is 0. The number of likely N-dealkylation sites (tertiary alicyclic amines) is 1. The van der Waals surface area contributed by atoms with Crippen molar-refractivity contribution in [3.8, 4) is 0 Å². The second kappa shape index (κ2) is 8.13. The molecule has 33 heavy (non-hydrogen) atoms. The molecule has 1 unspecified atom stereocenters. The summed E-state index contributed by atoms with van der Waals surface area (Å²) >= 11 is 0. The Bertz CT molecular complexity index is 1090. The molecule has 0 amide bonds. The number of pyridine rings is 1. The number of nitrogens with zero attached hydrogens (tertiary/aromatic N) is 6. The predicted molar refractivity (Wildman–Crippen MR) is 131 cm³/mol. The normalized spacial score (nSPS) is 31.8. The molecule has 4 aliphatic rings. The summed E-state index contributed by atoms with van der Waals surface area (Å²) in [6.45, 7) is 6.50. The lowest BCUT2D eigenvalue weighted by molar-refractivity contribution is 0.0743. The van der Waals surface area contributed by atoms with Crippen LogP contribution < -0.4 is 4.90 Å². The lowest BCUT2D eigenvalue weighted by Crippen LogP contribution is -2.44. The number of aliphatic imine (C=N–C) groups is 1. The number of fused-ring (bicyclic) bond motifs is 1. The Morgan fingerprint density at radius 1 is 1.09 bits per heavy atom. The van der Waals surface area contributed by atoms with Crippen LogP contribution in [-0.2, 0) is 5.41 Å². The largest absolute Gasteiger partial charge is 0.391 e. The smallest absolute Gasteiger partial charge is 0.141 e. The van der Waals surface area contributed by atoms with E-state index in [0.29, 0.717) is 11.5 Å². The van der Waals surface area contributed by atoms with E-state index in [2.05, 4.69) is 38.8 Å². The minimum Gasteiger partial charge on any atom is -0.391 e. The Morgan fingerprint density at radius 3 is 2.70 bits per heavy atom. The third kappa shape index (κ3) is 3.75. The van der Waals surface area contributed by atoms with Crippen LogP contribution in [0.4, 0.5) is 5.82 Å². The van der Waals surface area contributed by atoms with Crippen LogP contribution in [0.25, 0.3) is 10.9 Å². The molecule has 0 bridgehead atoms. The monoisotopic (exact) mass is 446 g/mol. The quantitative estimate of drug-likeness (QED) is 0.778. The van der Waals surface area contributed by atoms with Crippen LogP contribution in [0.5, 0.6) is 0 Å². The van der Waals surface area contributed by atoms with Gasteiger partial charge in [0.05, 0.1) is 23.2 Å². The van der Waals surface area contributed by atoms with E-state index in [1.165, 1.54) is 25.7 Å². The molecule has 6 rings (SSSR count). The molecule has 2 aromatic rings. The average Bonchev–Trinajstić information content (AvgIpc) is 3.45. The lowest BCUT2D eigenvalue weighted by Gasteiger charge is -2.41. The summed E-state index contributed by atoms with van der Waals surface area (Å²) in [5.41, 5.74) is 1.06. The molecule has 3 fully saturated rings. The topological polar surface area (TPSA) is 77.7 Å². The molecule has 3 aliphatic heterocycles. The van der Waals surface area contributed by atoms with Crippen molar-refractivity contribution in [2.45, 2.75) is 69.4 Å².